The molecule has 172 valence electrons. The molecular formula is C25H30N6O2. The van der Waals surface area contributed by atoms with Gasteiger partial charge in [0.25, 0.3) is 0 Å². The van der Waals surface area contributed by atoms with Crippen LogP contribution in [0.15, 0.2) is 48.2 Å². The van der Waals surface area contributed by atoms with E-state index in [0.29, 0.717) is 30.3 Å². The number of piperazine rings is 1. The molecule has 2 aliphatic rings. The van der Waals surface area contributed by atoms with Gasteiger partial charge in [-0.15, -0.1) is 0 Å². The van der Waals surface area contributed by atoms with E-state index in [1.54, 1.807) is 7.11 Å². The van der Waals surface area contributed by atoms with Gasteiger partial charge in [-0.05, 0) is 49.4 Å². The van der Waals surface area contributed by atoms with Crippen molar-refractivity contribution in [3.05, 3.63) is 59.6 Å². The molecule has 1 aromatic heterocycles. The minimum atomic E-state index is 0.188. The number of imidazole rings is 1. The van der Waals surface area contributed by atoms with Crippen molar-refractivity contribution in [3.8, 4) is 5.75 Å². The van der Waals surface area contributed by atoms with Crippen LogP contribution in [0.25, 0.3) is 16.6 Å². The Morgan fingerprint density at radius 1 is 1.09 bits per heavy atom. The van der Waals surface area contributed by atoms with Gasteiger partial charge in [-0.3, -0.25) is 5.41 Å². The summed E-state index contributed by atoms with van der Waals surface area (Å²) in [5.74, 6) is 1.87. The standard InChI is InChI=1S/C25H30N6O2/c1-29-11-13-30(14-12-29)18-5-8-20-21(15-18)28-25(27-20)23-22(32)16-31(24(23)26)10-9-17-3-6-19(33-2)7-4-17/h3-8,15,26,32H,9-14,16H2,1-2H3,(H,27,28). The number of methoxy groups -OCH3 is 1. The molecule has 0 aliphatic carbocycles. The number of nitrogens with zero attached hydrogens (tertiary/aromatic N) is 4. The molecular weight excluding hydrogens is 416 g/mol. The Kier molecular flexibility index (Phi) is 5.68. The zero-order valence-corrected chi connectivity index (χ0v) is 19.1. The quantitative estimate of drug-likeness (QED) is 0.539. The van der Waals surface area contributed by atoms with E-state index < -0.39 is 0 Å². The van der Waals surface area contributed by atoms with Crippen LogP contribution in [0.4, 0.5) is 5.69 Å². The van der Waals surface area contributed by atoms with Crippen LogP contribution in [0.5, 0.6) is 5.75 Å². The third-order valence-electron chi connectivity index (χ3n) is 6.58. The summed E-state index contributed by atoms with van der Waals surface area (Å²) in [5.41, 5.74) is 4.59. The average Bonchev–Trinajstić information content (AvgIpc) is 3.37. The smallest absolute Gasteiger partial charge is 0.145 e. The largest absolute Gasteiger partial charge is 0.510 e. The molecule has 8 nitrogen and oxygen atoms in total. The number of rotatable bonds is 6. The molecule has 2 aromatic carbocycles. The fourth-order valence-corrected chi connectivity index (χ4v) is 4.51. The number of nitrogens with one attached hydrogen (secondary N) is 2. The molecule has 0 unspecified atom stereocenters. The highest BCUT2D eigenvalue weighted by Gasteiger charge is 2.30. The molecule has 3 heterocycles. The van der Waals surface area contributed by atoms with E-state index >= 15 is 0 Å². The van der Waals surface area contributed by atoms with Gasteiger partial charge in [-0.1, -0.05) is 12.1 Å². The third kappa shape index (κ3) is 4.26. The van der Waals surface area contributed by atoms with Gasteiger partial charge in [-0.25, -0.2) is 4.98 Å². The molecule has 0 atom stereocenters. The number of likely N-dealkylation sites (N-methyl/N-ethyl adjacent to an activating group) is 1. The number of fused-ring (bicyclic) bond motifs is 1. The van der Waals surface area contributed by atoms with Crippen molar-refractivity contribution < 1.29 is 9.84 Å². The number of aliphatic hydroxyl groups is 1. The number of ether oxygens (including phenoxy) is 1. The number of H-pyrrole nitrogens is 1. The summed E-state index contributed by atoms with van der Waals surface area (Å²) < 4.78 is 5.21. The highest BCUT2D eigenvalue weighted by Crippen LogP contribution is 2.29. The summed E-state index contributed by atoms with van der Waals surface area (Å²) in [6, 6.07) is 14.2. The lowest BCUT2D eigenvalue weighted by molar-refractivity contribution is 0.313. The van der Waals surface area contributed by atoms with Gasteiger partial charge in [0.05, 0.1) is 30.3 Å². The second-order valence-electron chi connectivity index (χ2n) is 8.77. The molecule has 2 aliphatic heterocycles. The highest BCUT2D eigenvalue weighted by molar-refractivity contribution is 6.23. The zero-order chi connectivity index (χ0) is 22.9. The monoisotopic (exact) mass is 446 g/mol. The van der Waals surface area contributed by atoms with E-state index in [2.05, 4.69) is 38.9 Å². The SMILES string of the molecule is COc1ccc(CCN2CC(O)=C(c3nc4ccc(N5CCN(C)CC5)cc4[nH]3)C2=N)cc1. The molecule has 0 saturated carbocycles. The van der Waals surface area contributed by atoms with Crippen LogP contribution in [0.3, 0.4) is 0 Å². The Morgan fingerprint density at radius 2 is 1.85 bits per heavy atom. The molecule has 5 rings (SSSR count). The minimum absolute atomic E-state index is 0.188. The average molecular weight is 447 g/mol. The van der Waals surface area contributed by atoms with Gasteiger partial charge in [-0.2, -0.15) is 0 Å². The van der Waals surface area contributed by atoms with Gasteiger partial charge in [0.2, 0.25) is 0 Å². The number of hydrogen-bond acceptors (Lipinski definition) is 6. The first-order valence-corrected chi connectivity index (χ1v) is 11.3. The number of benzene rings is 2. The minimum Gasteiger partial charge on any atom is -0.510 e. The Bertz CT molecular complexity index is 1190. The first-order valence-electron chi connectivity index (χ1n) is 11.3. The lowest BCUT2D eigenvalue weighted by Gasteiger charge is -2.34. The highest BCUT2D eigenvalue weighted by atomic mass is 16.5. The van der Waals surface area contributed by atoms with Crippen LogP contribution in [0.1, 0.15) is 11.4 Å². The third-order valence-corrected chi connectivity index (χ3v) is 6.58. The van der Waals surface area contributed by atoms with Crippen molar-refractivity contribution >= 4 is 28.1 Å². The fourth-order valence-electron chi connectivity index (χ4n) is 4.51. The van der Waals surface area contributed by atoms with Gasteiger partial charge < -0.3 is 29.5 Å². The first kappa shape index (κ1) is 21.3. The molecule has 3 aromatic rings. The Hall–Kier alpha value is -3.52. The number of anilines is 1. The molecule has 0 bridgehead atoms. The van der Waals surface area contributed by atoms with Gasteiger partial charge in [0.1, 0.15) is 23.2 Å². The summed E-state index contributed by atoms with van der Waals surface area (Å²) in [7, 11) is 3.81. The van der Waals surface area contributed by atoms with Crippen molar-refractivity contribution in [1.82, 2.24) is 19.8 Å². The van der Waals surface area contributed by atoms with E-state index in [1.807, 2.05) is 35.2 Å². The van der Waals surface area contributed by atoms with Crippen LogP contribution >= 0.6 is 0 Å². The molecule has 0 radical (unpaired) electrons. The van der Waals surface area contributed by atoms with Crippen LogP contribution in [0.2, 0.25) is 0 Å². The van der Waals surface area contributed by atoms with Crippen LogP contribution in [-0.2, 0) is 6.42 Å². The van der Waals surface area contributed by atoms with Crippen molar-refractivity contribution in [2.45, 2.75) is 6.42 Å². The second-order valence-corrected chi connectivity index (χ2v) is 8.77. The maximum atomic E-state index is 10.7. The molecule has 0 amide bonds. The molecule has 0 spiro atoms. The molecule has 3 N–H and O–H groups in total. The van der Waals surface area contributed by atoms with Crippen LogP contribution < -0.4 is 9.64 Å². The predicted octanol–water partition coefficient (Wildman–Crippen LogP) is 3.13. The van der Waals surface area contributed by atoms with Crippen LogP contribution in [0, 0.1) is 5.41 Å². The van der Waals surface area contributed by atoms with Crippen molar-refractivity contribution in [1.29, 1.82) is 5.41 Å². The number of hydrogen-bond donors (Lipinski definition) is 3. The normalized spacial score (nSPS) is 17.5. The van der Waals surface area contributed by atoms with Crippen molar-refractivity contribution in [2.75, 3.05) is 58.3 Å². The van der Waals surface area contributed by atoms with E-state index in [9.17, 15) is 5.11 Å². The molecule has 1 saturated heterocycles. The molecule has 1 fully saturated rings. The maximum Gasteiger partial charge on any atom is 0.145 e. The first-order chi connectivity index (χ1) is 16.0. The molecule has 33 heavy (non-hydrogen) atoms. The van der Waals surface area contributed by atoms with Crippen molar-refractivity contribution in [3.63, 3.8) is 0 Å². The van der Waals surface area contributed by atoms with Gasteiger partial charge in [0.15, 0.2) is 0 Å². The van der Waals surface area contributed by atoms with E-state index in [1.165, 1.54) is 5.69 Å². The van der Waals surface area contributed by atoms with E-state index in [-0.39, 0.29) is 5.76 Å². The predicted molar refractivity (Wildman–Crippen MR) is 131 cm³/mol. The Balaban J connectivity index is 1.30. The number of aromatic nitrogens is 2. The lowest BCUT2D eigenvalue weighted by atomic mass is 10.1. The lowest BCUT2D eigenvalue weighted by Crippen LogP contribution is -2.44. The Labute approximate surface area is 193 Å². The van der Waals surface area contributed by atoms with Gasteiger partial charge >= 0.3 is 0 Å². The Morgan fingerprint density at radius 3 is 2.58 bits per heavy atom. The van der Waals surface area contributed by atoms with Gasteiger partial charge in [0, 0.05) is 38.4 Å². The van der Waals surface area contributed by atoms with E-state index in [4.69, 9.17) is 10.1 Å². The summed E-state index contributed by atoms with van der Waals surface area (Å²) in [4.78, 5) is 14.6. The summed E-state index contributed by atoms with van der Waals surface area (Å²) in [6.07, 6.45) is 0.779. The summed E-state index contributed by atoms with van der Waals surface area (Å²) in [6.45, 7) is 5.08. The fraction of sp³-hybridized carbons (Fsp3) is 0.360. The molecule has 8 heteroatoms. The van der Waals surface area contributed by atoms with Crippen molar-refractivity contribution in [2.24, 2.45) is 0 Å². The summed E-state index contributed by atoms with van der Waals surface area (Å²) >= 11 is 0. The topological polar surface area (TPSA) is 91.7 Å². The number of aliphatic hydroxyl groups excluding tert-OH is 1. The maximum absolute atomic E-state index is 10.7. The van der Waals surface area contributed by atoms with E-state index in [0.717, 1.165) is 54.9 Å². The van der Waals surface area contributed by atoms with Crippen LogP contribution in [-0.4, -0.2) is 84.1 Å². The number of amidine groups is 1. The second kappa shape index (κ2) is 8.78. The number of aromatic amines is 1. The summed E-state index contributed by atoms with van der Waals surface area (Å²) in [5, 5.41) is 19.3. The zero-order valence-electron chi connectivity index (χ0n) is 19.1.